The van der Waals surface area contributed by atoms with Crippen LogP contribution in [-0.2, 0) is 28.7 Å². The van der Waals surface area contributed by atoms with Gasteiger partial charge >= 0.3 is 23.9 Å². The maximum absolute atomic E-state index is 15.0. The molecule has 2 aliphatic rings. The number of esters is 4. The molecule has 6 rings (SSSR count). The Hall–Kier alpha value is -6.44. The highest BCUT2D eigenvalue weighted by Crippen LogP contribution is 2.40. The van der Waals surface area contributed by atoms with E-state index in [1.807, 2.05) is 0 Å². The molecule has 2 heterocycles. The molecule has 4 atom stereocenters. The van der Waals surface area contributed by atoms with Gasteiger partial charge in [-0.1, -0.05) is 48.5 Å². The first-order valence-corrected chi connectivity index (χ1v) is 18.1. The van der Waals surface area contributed by atoms with Crippen LogP contribution in [0.3, 0.4) is 0 Å². The van der Waals surface area contributed by atoms with Gasteiger partial charge in [0.05, 0.1) is 35.0 Å². The van der Waals surface area contributed by atoms with Gasteiger partial charge in [0.2, 0.25) is 0 Å². The summed E-state index contributed by atoms with van der Waals surface area (Å²) in [6, 6.07) is 19.0. The fourth-order valence-electron chi connectivity index (χ4n) is 7.66. The average Bonchev–Trinajstić information content (AvgIpc) is 3.17. The van der Waals surface area contributed by atoms with Crippen molar-refractivity contribution in [2.24, 2.45) is 11.8 Å². The van der Waals surface area contributed by atoms with Crippen molar-refractivity contribution in [2.45, 2.75) is 51.6 Å². The Bertz CT molecular complexity index is 2000. The molecule has 0 saturated carbocycles. The Kier molecular flexibility index (Phi) is 11.6. The first kappa shape index (κ1) is 39.3. The summed E-state index contributed by atoms with van der Waals surface area (Å²) in [5.74, 6) is -11.1. The number of piperidine rings is 2. The molecule has 2 aliphatic heterocycles. The molecular formula is C42H40F2N4O8. The molecule has 0 aromatic heterocycles. The lowest BCUT2D eigenvalue weighted by Crippen LogP contribution is -2.47. The molecule has 14 heteroatoms. The quantitative estimate of drug-likeness (QED) is 0.106. The van der Waals surface area contributed by atoms with Crippen LogP contribution in [0, 0.1) is 37.3 Å². The number of ether oxygens (including phenoxy) is 2. The molecule has 290 valence electrons. The number of carbonyl (C=O) groups excluding carboxylic acids is 6. The lowest BCUT2D eigenvalue weighted by Gasteiger charge is -2.41. The van der Waals surface area contributed by atoms with Gasteiger partial charge in [-0.3, -0.25) is 19.2 Å². The van der Waals surface area contributed by atoms with E-state index in [1.165, 1.54) is 21.9 Å². The Labute approximate surface area is 321 Å². The highest BCUT2D eigenvalue weighted by atomic mass is 19.1. The molecule has 2 amide bonds. The van der Waals surface area contributed by atoms with Crippen molar-refractivity contribution in [2.75, 3.05) is 24.6 Å². The lowest BCUT2D eigenvalue weighted by molar-refractivity contribution is -0.181. The number of hydrogen-bond acceptors (Lipinski definition) is 10. The van der Waals surface area contributed by atoms with Gasteiger partial charge in [-0.2, -0.15) is 0 Å². The van der Waals surface area contributed by atoms with E-state index < -0.39 is 71.2 Å². The van der Waals surface area contributed by atoms with E-state index in [0.717, 1.165) is 12.1 Å². The topological polar surface area (TPSA) is 179 Å². The molecule has 0 bridgehead atoms. The fourth-order valence-corrected chi connectivity index (χ4v) is 7.66. The van der Waals surface area contributed by atoms with Crippen LogP contribution in [0.1, 0.15) is 80.7 Å². The number of anilines is 2. The van der Waals surface area contributed by atoms with Crippen LogP contribution in [-0.4, -0.2) is 58.6 Å². The van der Waals surface area contributed by atoms with Crippen molar-refractivity contribution < 1.29 is 47.0 Å². The minimum atomic E-state index is -1.78. The number of amides is 2. The monoisotopic (exact) mass is 766 g/mol. The maximum Gasteiger partial charge on any atom is 0.425 e. The molecule has 4 aromatic carbocycles. The first-order chi connectivity index (χ1) is 26.8. The van der Waals surface area contributed by atoms with Crippen LogP contribution in [0.15, 0.2) is 84.9 Å². The van der Waals surface area contributed by atoms with Crippen LogP contribution < -0.4 is 11.5 Å². The number of likely N-dealkylation sites (tertiary alicyclic amines) is 2. The maximum atomic E-state index is 15.0. The third-order valence-electron chi connectivity index (χ3n) is 10.4. The SMILES string of the molecule is Cc1cccc(F)c1C(=O)N1CCC[C@H](C(=O)OC(=O)C(=O)OC(=O)[C@H]2CCCN(C(=O)c3c(C)cccc3F)[C@H]2c2ccc(N)cc2)[C@@H]1c1ccc(N)cc1. The van der Waals surface area contributed by atoms with Gasteiger partial charge in [0, 0.05) is 24.5 Å². The molecule has 0 radical (unpaired) electrons. The Morgan fingerprint density at radius 1 is 0.571 bits per heavy atom. The lowest BCUT2D eigenvalue weighted by atomic mass is 9.83. The highest BCUT2D eigenvalue weighted by molar-refractivity contribution is 6.33. The number of nitrogens with zero attached hydrogens (tertiary/aromatic N) is 2. The minimum Gasteiger partial charge on any atom is -0.399 e. The van der Waals surface area contributed by atoms with Crippen LogP contribution >= 0.6 is 0 Å². The number of halogens is 2. The largest absolute Gasteiger partial charge is 0.425 e. The van der Waals surface area contributed by atoms with Gasteiger partial charge in [0.1, 0.15) is 11.6 Å². The molecule has 0 spiro atoms. The van der Waals surface area contributed by atoms with E-state index in [1.54, 1.807) is 74.5 Å². The zero-order valence-electron chi connectivity index (χ0n) is 30.7. The third-order valence-corrected chi connectivity index (χ3v) is 10.4. The second-order valence-corrected chi connectivity index (χ2v) is 14.0. The second-order valence-electron chi connectivity index (χ2n) is 14.0. The van der Waals surface area contributed by atoms with Crippen LogP contribution in [0.4, 0.5) is 20.2 Å². The summed E-state index contributed by atoms with van der Waals surface area (Å²) in [6.45, 7) is 3.45. The predicted molar refractivity (Wildman–Crippen MR) is 199 cm³/mol. The number of nitrogens with two attached hydrogens (primary N) is 2. The van der Waals surface area contributed by atoms with Crippen molar-refractivity contribution in [3.63, 3.8) is 0 Å². The van der Waals surface area contributed by atoms with E-state index in [-0.39, 0.29) is 49.9 Å². The summed E-state index contributed by atoms with van der Waals surface area (Å²) in [5, 5.41) is 0. The van der Waals surface area contributed by atoms with Crippen LogP contribution in [0.5, 0.6) is 0 Å². The molecular weight excluding hydrogens is 726 g/mol. The van der Waals surface area contributed by atoms with Crippen LogP contribution in [0.25, 0.3) is 0 Å². The minimum absolute atomic E-state index is 0.131. The molecule has 2 fully saturated rings. The fraction of sp³-hybridized carbons (Fsp3) is 0.286. The standard InChI is InChI=1S/C42H40F2N4O8/c1-23-7-3-11-31(43)33(23)37(49)47-21-5-9-29(35(47)25-13-17-27(45)18-14-25)39(51)55-41(53)42(54)56-40(52)30-10-6-22-48(36(30)26-15-19-28(46)20-16-26)38(50)34-24(2)8-4-12-32(34)44/h3-4,7-8,11-20,29-30,35-36H,5-6,9-10,21-22,45-46H2,1-2H3/t29-,30-,35-,36-/m0/s1. The average molecular weight is 767 g/mol. The summed E-state index contributed by atoms with van der Waals surface area (Å²) in [4.78, 5) is 84.0. The predicted octanol–water partition coefficient (Wildman–Crippen LogP) is 5.77. The summed E-state index contributed by atoms with van der Waals surface area (Å²) < 4.78 is 40.0. The molecule has 2 saturated heterocycles. The first-order valence-electron chi connectivity index (χ1n) is 18.1. The van der Waals surface area contributed by atoms with E-state index in [0.29, 0.717) is 33.6 Å². The van der Waals surface area contributed by atoms with Crippen molar-refractivity contribution >= 4 is 47.1 Å². The van der Waals surface area contributed by atoms with Crippen molar-refractivity contribution in [1.82, 2.24) is 9.80 Å². The van der Waals surface area contributed by atoms with Gasteiger partial charge < -0.3 is 30.7 Å². The smallest absolute Gasteiger partial charge is 0.399 e. The van der Waals surface area contributed by atoms with Crippen molar-refractivity contribution in [1.29, 1.82) is 0 Å². The van der Waals surface area contributed by atoms with Crippen molar-refractivity contribution in [3.05, 3.63) is 130 Å². The summed E-state index contributed by atoms with van der Waals surface area (Å²) in [5.41, 5.74) is 13.9. The molecule has 56 heavy (non-hydrogen) atoms. The van der Waals surface area contributed by atoms with Gasteiger partial charge in [-0.15, -0.1) is 0 Å². The van der Waals surface area contributed by atoms with Gasteiger partial charge in [0.15, 0.2) is 0 Å². The highest BCUT2D eigenvalue weighted by Gasteiger charge is 2.45. The molecule has 4 aromatic rings. The molecule has 4 N–H and O–H groups in total. The molecule has 0 unspecified atom stereocenters. The molecule has 0 aliphatic carbocycles. The van der Waals surface area contributed by atoms with E-state index in [2.05, 4.69) is 0 Å². The van der Waals surface area contributed by atoms with Crippen molar-refractivity contribution in [3.8, 4) is 0 Å². The number of nitrogen functional groups attached to an aromatic ring is 2. The Morgan fingerprint density at radius 2 is 0.929 bits per heavy atom. The number of benzene rings is 4. The summed E-state index contributed by atoms with van der Waals surface area (Å²) >= 11 is 0. The third kappa shape index (κ3) is 7.99. The normalized spacial score (nSPS) is 19.5. The zero-order chi connectivity index (χ0) is 40.3. The Balaban J connectivity index is 1.22. The van der Waals surface area contributed by atoms with Gasteiger partial charge in [0.25, 0.3) is 11.8 Å². The summed E-state index contributed by atoms with van der Waals surface area (Å²) in [7, 11) is 0. The zero-order valence-corrected chi connectivity index (χ0v) is 30.7. The van der Waals surface area contributed by atoms with Gasteiger partial charge in [-0.05, 0) is 98.2 Å². The Morgan fingerprint density at radius 3 is 1.27 bits per heavy atom. The number of carbonyl (C=O) groups is 6. The van der Waals surface area contributed by atoms with Crippen LogP contribution in [0.2, 0.25) is 0 Å². The summed E-state index contributed by atoms with van der Waals surface area (Å²) in [6.07, 6.45) is 0.812. The van der Waals surface area contributed by atoms with E-state index in [9.17, 15) is 37.5 Å². The molecule has 12 nitrogen and oxygen atoms in total. The van der Waals surface area contributed by atoms with Gasteiger partial charge in [-0.25, -0.2) is 18.4 Å². The van der Waals surface area contributed by atoms with E-state index >= 15 is 0 Å². The number of aryl methyl sites for hydroxylation is 2. The second kappa shape index (κ2) is 16.5. The number of rotatable bonds is 6. The van der Waals surface area contributed by atoms with E-state index in [4.69, 9.17) is 20.9 Å². The number of hydrogen-bond donors (Lipinski definition) is 2.